The summed E-state index contributed by atoms with van der Waals surface area (Å²) in [6, 6.07) is 5.89. The molecule has 0 saturated carbocycles. The van der Waals surface area contributed by atoms with E-state index in [0.29, 0.717) is 29.8 Å². The number of likely N-dealkylation sites (tertiary alicyclic amines) is 1. The fraction of sp³-hybridized carbons (Fsp3) is 0.533. The molecule has 0 atom stereocenters. The van der Waals surface area contributed by atoms with Crippen LogP contribution in [0.5, 0.6) is 5.75 Å². The molecule has 1 heterocycles. The second kappa shape index (κ2) is 9.60. The number of piperidine rings is 1. The normalized spacial score (nSPS) is 15.3. The van der Waals surface area contributed by atoms with Crippen LogP contribution in [-0.4, -0.2) is 43.6 Å². The van der Waals surface area contributed by atoms with Gasteiger partial charge in [0.15, 0.2) is 0 Å². The first-order valence-corrected chi connectivity index (χ1v) is 8.30. The molecule has 0 spiro atoms. The van der Waals surface area contributed by atoms with E-state index in [1.807, 2.05) is 11.9 Å². The molecule has 22 heavy (non-hydrogen) atoms. The monoisotopic (exact) mass is 410 g/mol. The van der Waals surface area contributed by atoms with E-state index >= 15 is 0 Å². The second-order valence-corrected chi connectivity index (χ2v) is 6.41. The van der Waals surface area contributed by atoms with Crippen LogP contribution in [0.15, 0.2) is 22.7 Å². The molecule has 0 aliphatic carbocycles. The van der Waals surface area contributed by atoms with Crippen molar-refractivity contribution in [1.82, 2.24) is 10.2 Å². The second-order valence-electron chi connectivity index (χ2n) is 5.12. The number of amides is 1. The van der Waals surface area contributed by atoms with E-state index in [4.69, 9.17) is 16.3 Å². The van der Waals surface area contributed by atoms with Crippen molar-refractivity contribution in [2.24, 2.45) is 0 Å². The maximum absolute atomic E-state index is 12.1. The Bertz CT molecular complexity index is 494. The zero-order chi connectivity index (χ0) is 15.2. The third-order valence-electron chi connectivity index (χ3n) is 3.72. The van der Waals surface area contributed by atoms with E-state index in [2.05, 4.69) is 21.2 Å². The Morgan fingerprint density at radius 3 is 2.73 bits per heavy atom. The van der Waals surface area contributed by atoms with Crippen molar-refractivity contribution >= 4 is 45.8 Å². The minimum atomic E-state index is 0. The van der Waals surface area contributed by atoms with Crippen LogP contribution in [0.25, 0.3) is 0 Å². The molecule has 1 N–H and O–H groups in total. The van der Waals surface area contributed by atoms with Gasteiger partial charge >= 0.3 is 0 Å². The van der Waals surface area contributed by atoms with Crippen molar-refractivity contribution in [2.75, 3.05) is 26.7 Å². The Hall–Kier alpha value is -0.490. The SMILES string of the molecule is CNC1CCN(C(=O)CCOc2ccc(Cl)cc2Br)CC1.Cl. The molecule has 1 aliphatic rings. The topological polar surface area (TPSA) is 41.6 Å². The first-order chi connectivity index (χ1) is 10.1. The van der Waals surface area contributed by atoms with Crippen molar-refractivity contribution in [3.05, 3.63) is 27.7 Å². The Morgan fingerprint density at radius 1 is 1.45 bits per heavy atom. The van der Waals surface area contributed by atoms with E-state index in [1.54, 1.807) is 18.2 Å². The largest absolute Gasteiger partial charge is 0.492 e. The molecule has 1 aliphatic heterocycles. The molecule has 1 aromatic carbocycles. The van der Waals surface area contributed by atoms with Gasteiger partial charge in [-0.3, -0.25) is 4.79 Å². The van der Waals surface area contributed by atoms with E-state index in [9.17, 15) is 4.79 Å². The Morgan fingerprint density at radius 2 is 2.14 bits per heavy atom. The van der Waals surface area contributed by atoms with Gasteiger partial charge < -0.3 is 15.0 Å². The highest BCUT2D eigenvalue weighted by Gasteiger charge is 2.21. The molecule has 4 nitrogen and oxygen atoms in total. The standard InChI is InChI=1S/C15H20BrClN2O2.ClH/c1-18-12-4-7-19(8-5-12)15(20)6-9-21-14-3-2-11(17)10-13(14)16;/h2-3,10,12,18H,4-9H2,1H3;1H. The third kappa shape index (κ3) is 5.61. The molecule has 0 radical (unpaired) electrons. The molecular formula is C15H21BrCl2N2O2. The Labute approximate surface area is 151 Å². The number of ether oxygens (including phenoxy) is 1. The molecule has 124 valence electrons. The van der Waals surface area contributed by atoms with Gasteiger partial charge in [0.25, 0.3) is 0 Å². The third-order valence-corrected chi connectivity index (χ3v) is 4.58. The molecule has 7 heteroatoms. The van der Waals surface area contributed by atoms with Gasteiger partial charge in [-0.05, 0) is 54.0 Å². The van der Waals surface area contributed by atoms with Gasteiger partial charge in [-0.15, -0.1) is 12.4 Å². The number of benzene rings is 1. The van der Waals surface area contributed by atoms with Crippen LogP contribution < -0.4 is 10.1 Å². The quantitative estimate of drug-likeness (QED) is 0.805. The van der Waals surface area contributed by atoms with Gasteiger partial charge in [-0.25, -0.2) is 0 Å². The summed E-state index contributed by atoms with van der Waals surface area (Å²) < 4.78 is 6.43. The number of carbonyl (C=O) groups is 1. The van der Waals surface area contributed by atoms with E-state index in [1.165, 1.54) is 0 Å². The lowest BCUT2D eigenvalue weighted by Gasteiger charge is -2.31. The maximum atomic E-state index is 12.1. The highest BCUT2D eigenvalue weighted by atomic mass is 79.9. The number of halogens is 3. The number of hydrogen-bond donors (Lipinski definition) is 1. The molecule has 2 rings (SSSR count). The first-order valence-electron chi connectivity index (χ1n) is 7.13. The molecule has 1 amide bonds. The van der Waals surface area contributed by atoms with Crippen molar-refractivity contribution < 1.29 is 9.53 Å². The van der Waals surface area contributed by atoms with Gasteiger partial charge in [0, 0.05) is 24.2 Å². The Kier molecular flexibility index (Phi) is 8.54. The minimum Gasteiger partial charge on any atom is -0.492 e. The summed E-state index contributed by atoms with van der Waals surface area (Å²) in [5.41, 5.74) is 0. The zero-order valence-corrected chi connectivity index (χ0v) is 15.6. The van der Waals surface area contributed by atoms with Crippen molar-refractivity contribution in [2.45, 2.75) is 25.3 Å². The number of carbonyl (C=O) groups excluding carboxylic acids is 1. The summed E-state index contributed by atoms with van der Waals surface area (Å²) in [4.78, 5) is 14.0. The predicted octanol–water partition coefficient (Wildman–Crippen LogP) is 3.50. The van der Waals surface area contributed by atoms with Gasteiger partial charge in [-0.1, -0.05) is 11.6 Å². The number of nitrogens with zero attached hydrogens (tertiary/aromatic N) is 1. The van der Waals surface area contributed by atoms with Crippen LogP contribution in [-0.2, 0) is 4.79 Å². The molecule has 0 bridgehead atoms. The van der Waals surface area contributed by atoms with Gasteiger partial charge in [-0.2, -0.15) is 0 Å². The lowest BCUT2D eigenvalue weighted by Crippen LogP contribution is -2.44. The van der Waals surface area contributed by atoms with Crippen LogP contribution in [0.1, 0.15) is 19.3 Å². The summed E-state index contributed by atoms with van der Waals surface area (Å²) >= 11 is 9.27. The van der Waals surface area contributed by atoms with Gasteiger partial charge in [0.05, 0.1) is 17.5 Å². The smallest absolute Gasteiger partial charge is 0.225 e. The highest BCUT2D eigenvalue weighted by molar-refractivity contribution is 9.10. The van der Waals surface area contributed by atoms with Crippen LogP contribution >= 0.6 is 39.9 Å². The summed E-state index contributed by atoms with van der Waals surface area (Å²) in [6.45, 7) is 2.04. The predicted molar refractivity (Wildman–Crippen MR) is 95.2 cm³/mol. The first kappa shape index (κ1) is 19.6. The fourth-order valence-electron chi connectivity index (χ4n) is 2.42. The lowest BCUT2D eigenvalue weighted by molar-refractivity contribution is -0.132. The van der Waals surface area contributed by atoms with Crippen molar-refractivity contribution in [3.8, 4) is 5.75 Å². The molecule has 1 fully saturated rings. The number of hydrogen-bond acceptors (Lipinski definition) is 3. The van der Waals surface area contributed by atoms with Gasteiger partial charge in [0.2, 0.25) is 5.91 Å². The summed E-state index contributed by atoms with van der Waals surface area (Å²) in [5.74, 6) is 0.871. The maximum Gasteiger partial charge on any atom is 0.225 e. The fourth-order valence-corrected chi connectivity index (χ4v) is 3.21. The number of nitrogens with one attached hydrogen (secondary N) is 1. The molecule has 0 unspecified atom stereocenters. The number of rotatable bonds is 5. The van der Waals surface area contributed by atoms with Crippen molar-refractivity contribution in [1.29, 1.82) is 0 Å². The van der Waals surface area contributed by atoms with Crippen LogP contribution in [0, 0.1) is 0 Å². The Balaban J connectivity index is 0.00000242. The molecule has 0 aromatic heterocycles. The average Bonchev–Trinajstić information content (AvgIpc) is 2.49. The van der Waals surface area contributed by atoms with Crippen LogP contribution in [0.2, 0.25) is 5.02 Å². The molecule has 1 aromatic rings. The summed E-state index contributed by atoms with van der Waals surface area (Å²) in [7, 11) is 1.97. The highest BCUT2D eigenvalue weighted by Crippen LogP contribution is 2.28. The molecule has 1 saturated heterocycles. The van der Waals surface area contributed by atoms with Crippen molar-refractivity contribution in [3.63, 3.8) is 0 Å². The van der Waals surface area contributed by atoms with Crippen LogP contribution in [0.3, 0.4) is 0 Å². The van der Waals surface area contributed by atoms with E-state index in [-0.39, 0.29) is 18.3 Å². The van der Waals surface area contributed by atoms with E-state index < -0.39 is 0 Å². The van der Waals surface area contributed by atoms with Crippen LogP contribution in [0.4, 0.5) is 0 Å². The minimum absolute atomic E-state index is 0. The summed E-state index contributed by atoms with van der Waals surface area (Å²) in [6.07, 6.45) is 2.44. The summed E-state index contributed by atoms with van der Waals surface area (Å²) in [5, 5.41) is 3.91. The molecular weight excluding hydrogens is 391 g/mol. The lowest BCUT2D eigenvalue weighted by atomic mass is 10.1. The van der Waals surface area contributed by atoms with Gasteiger partial charge in [0.1, 0.15) is 5.75 Å². The average molecular weight is 412 g/mol. The zero-order valence-electron chi connectivity index (χ0n) is 12.5. The van der Waals surface area contributed by atoms with E-state index in [0.717, 1.165) is 30.4 Å².